The predicted molar refractivity (Wildman–Crippen MR) is 85.9 cm³/mol. The number of rotatable bonds is 0. The largest absolute Gasteiger partial charge is 0.0620 e. The Morgan fingerprint density at radius 2 is 1.00 bits per heavy atom. The predicted octanol–water partition coefficient (Wildman–Crippen LogP) is 4.68. The molecule has 0 atom stereocenters. The van der Waals surface area contributed by atoms with Crippen molar-refractivity contribution in [2.45, 2.75) is 18.8 Å². The van der Waals surface area contributed by atoms with Gasteiger partial charge in [-0.05, 0) is 51.8 Å². The van der Waals surface area contributed by atoms with Crippen molar-refractivity contribution in [2.75, 3.05) is 0 Å². The average molecular weight is 268 g/mol. The molecule has 0 aromatic heterocycles. The van der Waals surface area contributed by atoms with Crippen LogP contribution in [0.25, 0.3) is 0 Å². The Balaban J connectivity index is 1.88. The Morgan fingerprint density at radius 3 is 1.57 bits per heavy atom. The summed E-state index contributed by atoms with van der Waals surface area (Å²) in [5.41, 5.74) is 10.6. The SMILES string of the molecule is c1ccc2c(c1)Cc1cccc3c1C2c1ccccc1C3. The summed E-state index contributed by atoms with van der Waals surface area (Å²) in [4.78, 5) is 0. The zero-order valence-electron chi connectivity index (χ0n) is 11.8. The molecular formula is C21H16. The van der Waals surface area contributed by atoms with Crippen molar-refractivity contribution in [3.63, 3.8) is 0 Å². The molecule has 0 heterocycles. The molecule has 0 fully saturated rings. The highest BCUT2D eigenvalue weighted by atomic mass is 14.4. The Hall–Kier alpha value is -2.34. The first-order valence-electron chi connectivity index (χ1n) is 7.68. The fourth-order valence-corrected chi connectivity index (χ4v) is 4.19. The molecule has 2 aliphatic rings. The van der Waals surface area contributed by atoms with E-state index in [1.165, 1.54) is 33.4 Å². The van der Waals surface area contributed by atoms with Crippen molar-refractivity contribution in [3.8, 4) is 0 Å². The fraction of sp³-hybridized carbons (Fsp3) is 0.143. The molecule has 0 unspecified atom stereocenters. The minimum absolute atomic E-state index is 0.436. The van der Waals surface area contributed by atoms with Gasteiger partial charge in [-0.15, -0.1) is 0 Å². The molecule has 0 amide bonds. The smallest absolute Gasteiger partial charge is 0.0351 e. The molecule has 0 saturated carbocycles. The first-order chi connectivity index (χ1) is 10.4. The van der Waals surface area contributed by atoms with Crippen molar-refractivity contribution < 1.29 is 0 Å². The summed E-state index contributed by atoms with van der Waals surface area (Å²) < 4.78 is 0. The van der Waals surface area contributed by atoms with E-state index < -0.39 is 0 Å². The molecule has 3 aromatic rings. The zero-order valence-corrected chi connectivity index (χ0v) is 11.8. The van der Waals surface area contributed by atoms with Crippen LogP contribution in [0.5, 0.6) is 0 Å². The molecular weight excluding hydrogens is 252 g/mol. The van der Waals surface area contributed by atoms with Crippen LogP contribution in [0, 0.1) is 0 Å². The monoisotopic (exact) mass is 268 g/mol. The number of fused-ring (bicyclic) bond motifs is 4. The van der Waals surface area contributed by atoms with E-state index in [0.29, 0.717) is 5.92 Å². The third-order valence-electron chi connectivity index (χ3n) is 5.07. The maximum Gasteiger partial charge on any atom is 0.0351 e. The van der Waals surface area contributed by atoms with Gasteiger partial charge in [0.15, 0.2) is 0 Å². The highest BCUT2D eigenvalue weighted by Gasteiger charge is 2.32. The van der Waals surface area contributed by atoms with Crippen LogP contribution in [0.2, 0.25) is 0 Å². The topological polar surface area (TPSA) is 0 Å². The molecule has 0 N–H and O–H groups in total. The van der Waals surface area contributed by atoms with Crippen LogP contribution in [0.1, 0.15) is 44.9 Å². The van der Waals surface area contributed by atoms with Gasteiger partial charge in [-0.2, -0.15) is 0 Å². The van der Waals surface area contributed by atoms with Gasteiger partial charge in [0.1, 0.15) is 0 Å². The van der Waals surface area contributed by atoms with Crippen molar-refractivity contribution in [3.05, 3.63) is 106 Å². The van der Waals surface area contributed by atoms with Gasteiger partial charge in [-0.3, -0.25) is 0 Å². The lowest BCUT2D eigenvalue weighted by Gasteiger charge is -2.35. The van der Waals surface area contributed by atoms with Crippen molar-refractivity contribution in [1.29, 1.82) is 0 Å². The van der Waals surface area contributed by atoms with Gasteiger partial charge < -0.3 is 0 Å². The molecule has 21 heavy (non-hydrogen) atoms. The molecule has 2 aliphatic carbocycles. The Kier molecular flexibility index (Phi) is 2.20. The van der Waals surface area contributed by atoms with Crippen LogP contribution < -0.4 is 0 Å². The highest BCUT2D eigenvalue weighted by Crippen LogP contribution is 2.46. The van der Waals surface area contributed by atoms with Gasteiger partial charge in [0.25, 0.3) is 0 Å². The highest BCUT2D eigenvalue weighted by molar-refractivity contribution is 5.61. The third kappa shape index (κ3) is 1.50. The summed E-state index contributed by atoms with van der Waals surface area (Å²) in [7, 11) is 0. The van der Waals surface area contributed by atoms with Gasteiger partial charge in [0, 0.05) is 5.92 Å². The van der Waals surface area contributed by atoms with E-state index in [0.717, 1.165) is 12.8 Å². The van der Waals surface area contributed by atoms with Crippen molar-refractivity contribution in [1.82, 2.24) is 0 Å². The van der Waals surface area contributed by atoms with Crippen LogP contribution >= 0.6 is 0 Å². The normalized spacial score (nSPS) is 15.0. The maximum absolute atomic E-state index is 2.32. The number of hydrogen-bond donors (Lipinski definition) is 0. The summed E-state index contributed by atoms with van der Waals surface area (Å²) in [6.07, 6.45) is 2.16. The Bertz CT molecular complexity index is 790. The van der Waals surface area contributed by atoms with Crippen molar-refractivity contribution in [2.24, 2.45) is 0 Å². The molecule has 0 radical (unpaired) electrons. The average Bonchev–Trinajstić information content (AvgIpc) is 2.54. The zero-order chi connectivity index (χ0) is 13.8. The molecule has 3 aromatic carbocycles. The molecule has 0 nitrogen and oxygen atoms in total. The lowest BCUT2D eigenvalue weighted by atomic mass is 9.68. The summed E-state index contributed by atoms with van der Waals surface area (Å²) in [5.74, 6) is 0.436. The molecule has 5 rings (SSSR count). The van der Waals surface area contributed by atoms with Gasteiger partial charge in [0.2, 0.25) is 0 Å². The summed E-state index contributed by atoms with van der Waals surface area (Å²) in [6.45, 7) is 0. The standard InChI is InChI=1S/C21H16/c1-3-10-18-14(6-1)12-16-8-5-9-17-13-15-7-2-4-11-19(15)21(18)20(16)17/h1-11,21H,12-13H2. The minimum Gasteiger partial charge on any atom is -0.0620 e. The minimum atomic E-state index is 0.436. The second-order valence-electron chi connectivity index (χ2n) is 6.17. The Morgan fingerprint density at radius 1 is 0.524 bits per heavy atom. The molecule has 0 bridgehead atoms. The van der Waals surface area contributed by atoms with E-state index in [2.05, 4.69) is 66.7 Å². The van der Waals surface area contributed by atoms with Crippen LogP contribution in [0.3, 0.4) is 0 Å². The third-order valence-corrected chi connectivity index (χ3v) is 5.07. The lowest BCUT2D eigenvalue weighted by molar-refractivity contribution is 0.825. The van der Waals surface area contributed by atoms with Crippen LogP contribution in [0.4, 0.5) is 0 Å². The van der Waals surface area contributed by atoms with Crippen LogP contribution in [-0.4, -0.2) is 0 Å². The molecule has 0 spiro atoms. The van der Waals surface area contributed by atoms with E-state index >= 15 is 0 Å². The molecule has 100 valence electrons. The van der Waals surface area contributed by atoms with Crippen molar-refractivity contribution >= 4 is 0 Å². The molecule has 0 saturated heterocycles. The lowest BCUT2D eigenvalue weighted by Crippen LogP contribution is -2.21. The van der Waals surface area contributed by atoms with E-state index in [-0.39, 0.29) is 0 Å². The van der Waals surface area contributed by atoms with Gasteiger partial charge in [-0.1, -0.05) is 66.7 Å². The van der Waals surface area contributed by atoms with Gasteiger partial charge >= 0.3 is 0 Å². The maximum atomic E-state index is 2.32. The Labute approximate surface area is 125 Å². The summed E-state index contributed by atoms with van der Waals surface area (Å²) >= 11 is 0. The summed E-state index contributed by atoms with van der Waals surface area (Å²) in [5, 5.41) is 0. The second kappa shape index (κ2) is 4.08. The van der Waals surface area contributed by atoms with Gasteiger partial charge in [-0.25, -0.2) is 0 Å². The first-order valence-corrected chi connectivity index (χ1v) is 7.68. The van der Waals surface area contributed by atoms with Crippen LogP contribution in [-0.2, 0) is 12.8 Å². The quantitative estimate of drug-likeness (QED) is 0.383. The number of hydrogen-bond acceptors (Lipinski definition) is 0. The first kappa shape index (κ1) is 11.3. The van der Waals surface area contributed by atoms with Crippen LogP contribution in [0.15, 0.2) is 66.7 Å². The molecule has 0 aliphatic heterocycles. The molecule has 0 heteroatoms. The van der Waals surface area contributed by atoms with Gasteiger partial charge in [0.05, 0.1) is 0 Å². The van der Waals surface area contributed by atoms with E-state index in [4.69, 9.17) is 0 Å². The fourth-order valence-electron chi connectivity index (χ4n) is 4.19. The van der Waals surface area contributed by atoms with E-state index in [9.17, 15) is 0 Å². The number of benzene rings is 3. The van der Waals surface area contributed by atoms with E-state index in [1.54, 1.807) is 5.56 Å². The van der Waals surface area contributed by atoms with E-state index in [1.807, 2.05) is 0 Å². The summed E-state index contributed by atoms with van der Waals surface area (Å²) in [6, 6.07) is 24.8. The second-order valence-corrected chi connectivity index (χ2v) is 6.17.